The Morgan fingerprint density at radius 3 is 2.39 bits per heavy atom. The molecule has 3 radical (unpaired) electrons. The first-order valence-electron chi connectivity index (χ1n) is 15.4. The van der Waals surface area contributed by atoms with Crippen LogP contribution in [0.2, 0.25) is 0 Å². The Kier molecular flexibility index (Phi) is 9.96. The summed E-state index contributed by atoms with van der Waals surface area (Å²) in [5.41, 5.74) is -4.38. The van der Waals surface area contributed by atoms with Gasteiger partial charge in [-0.05, 0) is 55.8 Å². The Balaban J connectivity index is 0.00000417. The third kappa shape index (κ3) is 5.50. The number of benzene rings is 1. The molecular formula is C35H40AcO9S. The molecule has 1 aromatic heterocycles. The third-order valence-corrected chi connectivity index (χ3v) is 12.2. The van der Waals surface area contributed by atoms with Crippen LogP contribution in [0.3, 0.4) is 0 Å². The molecule has 2 bridgehead atoms. The molecular weight excluding hydrogens is 823 g/mol. The minimum Gasteiger partial charge on any atom is -0.456 e. The zero-order valence-electron chi connectivity index (χ0n) is 26.5. The van der Waals surface area contributed by atoms with E-state index in [1.54, 1.807) is 75.5 Å². The number of ether oxygens (including phenoxy) is 3. The molecule has 243 valence electrons. The van der Waals surface area contributed by atoms with E-state index in [1.807, 2.05) is 0 Å². The van der Waals surface area contributed by atoms with E-state index in [-0.39, 0.29) is 74.9 Å². The number of aliphatic hydroxyl groups excluding tert-OH is 1. The average Bonchev–Trinajstić information content (AvgIpc) is 3.55. The summed E-state index contributed by atoms with van der Waals surface area (Å²) in [5, 5.41) is 37.8. The third-order valence-electron chi connectivity index (χ3n) is 11.2. The fraction of sp³-hybridized carbons (Fsp3) is 0.543. The van der Waals surface area contributed by atoms with Gasteiger partial charge in [-0.3, -0.25) is 4.79 Å². The van der Waals surface area contributed by atoms with Gasteiger partial charge in [-0.2, -0.15) is 0 Å². The zero-order valence-corrected chi connectivity index (χ0v) is 32.0. The van der Waals surface area contributed by atoms with Gasteiger partial charge < -0.3 is 29.5 Å². The number of fused-ring (bicyclic) bond motifs is 5. The van der Waals surface area contributed by atoms with Crippen LogP contribution in [0.15, 0.2) is 59.0 Å². The summed E-state index contributed by atoms with van der Waals surface area (Å²) in [6, 6.07) is 11.8. The molecule has 6 rings (SSSR count). The van der Waals surface area contributed by atoms with Gasteiger partial charge in [0.25, 0.3) is 0 Å². The summed E-state index contributed by atoms with van der Waals surface area (Å²) in [4.78, 5) is 42.0. The summed E-state index contributed by atoms with van der Waals surface area (Å²) in [5.74, 6) is -3.89. The topological polar surface area (TPSA) is 140 Å². The summed E-state index contributed by atoms with van der Waals surface area (Å²) in [7, 11) is 0. The molecule has 3 fully saturated rings. The molecule has 9 nitrogen and oxygen atoms in total. The Morgan fingerprint density at radius 1 is 1.09 bits per heavy atom. The predicted octanol–water partition coefficient (Wildman–Crippen LogP) is 4.04. The number of carbonyl (C=O) groups excluding carboxylic acids is 3. The SMILES string of the molecule is [Ac].[CH]C(c1cccs1)C(O)C(=O)OC1CC2(O)C(OC(=O)c3ccccc3)C3C4(O)COC4CC[C@@]3(C)C(=O)CC(=C1C)C2(C)C. The molecule has 9 atom stereocenters. The van der Waals surface area contributed by atoms with Crippen LogP contribution in [0.4, 0.5) is 0 Å². The molecule has 4 aliphatic rings. The van der Waals surface area contributed by atoms with E-state index in [2.05, 4.69) is 0 Å². The minimum atomic E-state index is -1.92. The first kappa shape index (κ1) is 35.8. The molecule has 11 heteroatoms. The minimum absolute atomic E-state index is 0. The van der Waals surface area contributed by atoms with Crippen LogP contribution in [0.1, 0.15) is 74.5 Å². The Bertz CT molecular complexity index is 1520. The molecule has 46 heavy (non-hydrogen) atoms. The van der Waals surface area contributed by atoms with Crippen LogP contribution in [-0.4, -0.2) is 75.3 Å². The van der Waals surface area contributed by atoms with Crippen molar-refractivity contribution >= 4 is 29.1 Å². The molecule has 1 saturated heterocycles. The Labute approximate surface area is 309 Å². The molecule has 2 saturated carbocycles. The number of hydrogen-bond acceptors (Lipinski definition) is 10. The van der Waals surface area contributed by atoms with E-state index < -0.39 is 70.2 Å². The molecule has 8 unspecified atom stereocenters. The van der Waals surface area contributed by atoms with Crippen molar-refractivity contribution in [2.45, 2.75) is 94.9 Å². The van der Waals surface area contributed by atoms with Crippen LogP contribution in [-0.2, 0) is 23.8 Å². The first-order valence-corrected chi connectivity index (χ1v) is 16.3. The number of rotatable bonds is 6. The van der Waals surface area contributed by atoms with Crippen LogP contribution >= 0.6 is 11.3 Å². The van der Waals surface area contributed by atoms with Crippen molar-refractivity contribution in [1.29, 1.82) is 0 Å². The van der Waals surface area contributed by atoms with Gasteiger partial charge in [0.1, 0.15) is 29.2 Å². The maximum absolute atomic E-state index is 14.4. The fourth-order valence-electron chi connectivity index (χ4n) is 8.20. The van der Waals surface area contributed by atoms with Crippen molar-refractivity contribution in [3.63, 3.8) is 0 Å². The van der Waals surface area contributed by atoms with Crippen LogP contribution in [0, 0.1) is 67.7 Å². The molecule has 3 aliphatic carbocycles. The second kappa shape index (κ2) is 12.8. The van der Waals surface area contributed by atoms with Gasteiger partial charge in [0.15, 0.2) is 6.10 Å². The number of carbonyl (C=O) groups is 3. The van der Waals surface area contributed by atoms with Crippen molar-refractivity contribution < 1.29 is 88.0 Å². The Hall–Kier alpha value is -1.45. The quantitative estimate of drug-likeness (QED) is 0.290. The predicted molar refractivity (Wildman–Crippen MR) is 164 cm³/mol. The smallest absolute Gasteiger partial charge is 0.338 e. The van der Waals surface area contributed by atoms with E-state index in [4.69, 9.17) is 21.1 Å². The largest absolute Gasteiger partial charge is 0.456 e. The van der Waals surface area contributed by atoms with Crippen LogP contribution in [0.25, 0.3) is 0 Å². The normalized spacial score (nSPS) is 36.0. The van der Waals surface area contributed by atoms with Crippen molar-refractivity contribution in [2.75, 3.05) is 6.61 Å². The maximum atomic E-state index is 14.4. The van der Waals surface area contributed by atoms with Crippen LogP contribution < -0.4 is 0 Å². The number of Topliss-reactive ketones (excluding diaryl/α,β-unsaturated/α-hetero) is 1. The first-order chi connectivity index (χ1) is 21.1. The number of ketones is 1. The Morgan fingerprint density at radius 2 is 1.78 bits per heavy atom. The van der Waals surface area contributed by atoms with Crippen LogP contribution in [0.5, 0.6) is 0 Å². The molecule has 0 spiro atoms. The van der Waals surface area contributed by atoms with Crippen molar-refractivity contribution in [2.24, 2.45) is 16.7 Å². The van der Waals surface area contributed by atoms with Gasteiger partial charge >= 0.3 is 11.9 Å². The molecule has 1 aliphatic heterocycles. The van der Waals surface area contributed by atoms with Crippen molar-refractivity contribution in [3.05, 3.63) is 76.4 Å². The second-order valence-electron chi connectivity index (χ2n) is 13.8. The number of thiophene rings is 1. The summed E-state index contributed by atoms with van der Waals surface area (Å²) in [6.45, 7) is 13.2. The number of hydrogen-bond donors (Lipinski definition) is 3. The van der Waals surface area contributed by atoms with Gasteiger partial charge in [-0.25, -0.2) is 9.59 Å². The van der Waals surface area contributed by atoms with Crippen molar-refractivity contribution in [3.8, 4) is 0 Å². The standard InChI is InChI=1S/C35H40O9S.Ac/c1-19-22-16-25(36)33(5)14-13-26-34(40,18-42-26)28(33)29(44-30(38)21-10-7-6-8-11-21)35(41,32(22,3)4)17-23(19)43-31(39)27(37)20(2)24-12-9-15-45-24;/h2,6-12,15,20,23,26-29,37,40-41H,13-14,16-18H2,1,3-5H3;/t20?,23?,26?,27?,28?,29?,33-,34?,35?;/m0./s1. The van der Waals surface area contributed by atoms with Gasteiger partial charge in [0.05, 0.1) is 18.3 Å². The summed E-state index contributed by atoms with van der Waals surface area (Å²) < 4.78 is 17.9. The van der Waals surface area contributed by atoms with Gasteiger partial charge in [0.2, 0.25) is 0 Å². The number of aliphatic hydroxyl groups is 3. The summed E-state index contributed by atoms with van der Waals surface area (Å²) in [6.07, 6.45) is -4.19. The van der Waals surface area contributed by atoms with E-state index in [0.29, 0.717) is 28.9 Å². The second-order valence-corrected chi connectivity index (χ2v) is 14.8. The fourth-order valence-corrected chi connectivity index (χ4v) is 8.96. The van der Waals surface area contributed by atoms with Gasteiger partial charge in [0, 0.05) is 84.4 Å². The monoisotopic (exact) mass is 863 g/mol. The van der Waals surface area contributed by atoms with Gasteiger partial charge in [-0.15, -0.1) is 11.3 Å². The van der Waals surface area contributed by atoms with E-state index in [0.717, 1.165) is 0 Å². The zero-order chi connectivity index (χ0) is 32.5. The molecule has 1 aromatic carbocycles. The van der Waals surface area contributed by atoms with E-state index >= 15 is 0 Å². The number of esters is 2. The van der Waals surface area contributed by atoms with E-state index in [9.17, 15) is 29.7 Å². The summed E-state index contributed by atoms with van der Waals surface area (Å²) >= 11 is 1.30. The molecule has 2 aromatic rings. The van der Waals surface area contributed by atoms with Gasteiger partial charge in [-0.1, -0.05) is 50.6 Å². The maximum Gasteiger partial charge on any atom is 0.338 e. The van der Waals surface area contributed by atoms with E-state index in [1.165, 1.54) is 11.3 Å². The molecule has 3 N–H and O–H groups in total. The average molecular weight is 864 g/mol. The molecule has 0 amide bonds. The van der Waals surface area contributed by atoms with Crippen molar-refractivity contribution in [1.82, 2.24) is 0 Å². The molecule has 2 heterocycles.